The van der Waals surface area contributed by atoms with E-state index in [2.05, 4.69) is 38.3 Å². The molecule has 2 nitrogen and oxygen atoms in total. The van der Waals surface area contributed by atoms with E-state index in [0.717, 1.165) is 28.4 Å². The molecule has 0 unspecified atom stereocenters. The van der Waals surface area contributed by atoms with E-state index < -0.39 is 0 Å². The SMILES string of the molecule is S=C(NCCCSC1CCCCC1)Nc1ccc(Br)c(Cl)c1. The van der Waals surface area contributed by atoms with Gasteiger partial charge in [-0.1, -0.05) is 30.9 Å². The maximum Gasteiger partial charge on any atom is 0.170 e. The summed E-state index contributed by atoms with van der Waals surface area (Å²) in [5.74, 6) is 1.21. The molecule has 1 aromatic rings. The second kappa shape index (κ2) is 10.0. The molecule has 0 atom stereocenters. The van der Waals surface area contributed by atoms with Gasteiger partial charge < -0.3 is 10.6 Å². The number of benzene rings is 1. The van der Waals surface area contributed by atoms with Crippen LogP contribution < -0.4 is 10.6 Å². The molecule has 1 aliphatic carbocycles. The summed E-state index contributed by atoms with van der Waals surface area (Å²) >= 11 is 16.9. The van der Waals surface area contributed by atoms with Crippen molar-refractivity contribution in [2.24, 2.45) is 0 Å². The van der Waals surface area contributed by atoms with Crippen LogP contribution in [-0.2, 0) is 0 Å². The van der Waals surface area contributed by atoms with Gasteiger partial charge in [-0.25, -0.2) is 0 Å². The van der Waals surface area contributed by atoms with E-state index in [4.69, 9.17) is 23.8 Å². The molecule has 122 valence electrons. The molecular weight excluding hydrogens is 400 g/mol. The minimum Gasteiger partial charge on any atom is -0.362 e. The summed E-state index contributed by atoms with van der Waals surface area (Å²) in [6.45, 7) is 0.913. The van der Waals surface area contributed by atoms with Crippen molar-refractivity contribution >= 4 is 62.3 Å². The highest BCUT2D eigenvalue weighted by Crippen LogP contribution is 2.28. The van der Waals surface area contributed by atoms with Gasteiger partial charge in [-0.15, -0.1) is 0 Å². The van der Waals surface area contributed by atoms with Crippen molar-refractivity contribution in [1.29, 1.82) is 0 Å². The summed E-state index contributed by atoms with van der Waals surface area (Å²) in [5, 5.41) is 8.64. The molecule has 0 aromatic heterocycles. The maximum absolute atomic E-state index is 6.06. The second-order valence-electron chi connectivity index (χ2n) is 5.49. The standard InChI is InChI=1S/C16H22BrClN2S2/c17-14-8-7-12(11-15(14)18)20-16(21)19-9-4-10-22-13-5-2-1-3-6-13/h7-8,11,13H,1-6,9-10H2,(H2,19,20,21). The summed E-state index contributed by atoms with van der Waals surface area (Å²) in [4.78, 5) is 0. The van der Waals surface area contributed by atoms with Crippen LogP contribution in [0.4, 0.5) is 5.69 Å². The van der Waals surface area contributed by atoms with Crippen LogP contribution >= 0.6 is 51.5 Å². The first-order chi connectivity index (χ1) is 10.6. The summed E-state index contributed by atoms with van der Waals surface area (Å²) in [6, 6.07) is 5.72. The third-order valence-corrected chi connectivity index (χ3v) is 6.64. The molecule has 1 aromatic carbocycles. The van der Waals surface area contributed by atoms with Gasteiger partial charge in [0.2, 0.25) is 0 Å². The van der Waals surface area contributed by atoms with Gasteiger partial charge in [0.15, 0.2) is 5.11 Å². The van der Waals surface area contributed by atoms with Crippen molar-refractivity contribution in [2.75, 3.05) is 17.6 Å². The zero-order chi connectivity index (χ0) is 15.8. The van der Waals surface area contributed by atoms with Crippen molar-refractivity contribution < 1.29 is 0 Å². The Balaban J connectivity index is 1.58. The topological polar surface area (TPSA) is 24.1 Å². The van der Waals surface area contributed by atoms with Crippen LogP contribution in [0, 0.1) is 0 Å². The molecule has 1 aliphatic rings. The highest BCUT2D eigenvalue weighted by molar-refractivity contribution is 9.10. The Morgan fingerprint density at radius 2 is 2.09 bits per heavy atom. The fourth-order valence-electron chi connectivity index (χ4n) is 2.51. The molecule has 0 spiro atoms. The smallest absolute Gasteiger partial charge is 0.170 e. The Morgan fingerprint density at radius 1 is 1.32 bits per heavy atom. The predicted molar refractivity (Wildman–Crippen MR) is 107 cm³/mol. The van der Waals surface area contributed by atoms with E-state index in [0.29, 0.717) is 10.1 Å². The van der Waals surface area contributed by atoms with Gasteiger partial charge in [-0.2, -0.15) is 11.8 Å². The van der Waals surface area contributed by atoms with E-state index in [-0.39, 0.29) is 0 Å². The molecule has 0 heterocycles. The summed E-state index contributed by atoms with van der Waals surface area (Å²) in [6.07, 6.45) is 8.22. The fraction of sp³-hybridized carbons (Fsp3) is 0.562. The van der Waals surface area contributed by atoms with Crippen LogP contribution in [0.25, 0.3) is 0 Å². The van der Waals surface area contributed by atoms with E-state index in [1.165, 1.54) is 37.9 Å². The molecule has 22 heavy (non-hydrogen) atoms. The first kappa shape index (κ1) is 18.4. The predicted octanol–water partition coefficient (Wildman–Crippen LogP) is 5.84. The maximum atomic E-state index is 6.06. The molecule has 0 saturated heterocycles. The van der Waals surface area contributed by atoms with E-state index in [1.807, 2.05) is 18.2 Å². The van der Waals surface area contributed by atoms with Gasteiger partial charge in [-0.3, -0.25) is 0 Å². The third-order valence-electron chi connectivity index (χ3n) is 3.69. The molecule has 0 bridgehead atoms. The highest BCUT2D eigenvalue weighted by atomic mass is 79.9. The van der Waals surface area contributed by atoms with Crippen LogP contribution in [0.1, 0.15) is 38.5 Å². The lowest BCUT2D eigenvalue weighted by Crippen LogP contribution is -2.29. The first-order valence-electron chi connectivity index (χ1n) is 7.76. The largest absolute Gasteiger partial charge is 0.362 e. The van der Waals surface area contributed by atoms with E-state index in [1.54, 1.807) is 0 Å². The summed E-state index contributed by atoms with van der Waals surface area (Å²) in [5.41, 5.74) is 0.905. The lowest BCUT2D eigenvalue weighted by Gasteiger charge is -2.20. The number of hydrogen-bond donors (Lipinski definition) is 2. The van der Waals surface area contributed by atoms with E-state index in [9.17, 15) is 0 Å². The average molecular weight is 422 g/mol. The molecule has 0 aliphatic heterocycles. The zero-order valence-electron chi connectivity index (χ0n) is 12.5. The number of thiocarbonyl (C=S) groups is 1. The number of thioether (sulfide) groups is 1. The van der Waals surface area contributed by atoms with Gasteiger partial charge in [0, 0.05) is 22.0 Å². The Morgan fingerprint density at radius 3 is 2.82 bits per heavy atom. The van der Waals surface area contributed by atoms with Crippen molar-refractivity contribution in [3.63, 3.8) is 0 Å². The monoisotopic (exact) mass is 420 g/mol. The first-order valence-corrected chi connectivity index (χ1v) is 10.4. The average Bonchev–Trinajstić information content (AvgIpc) is 2.52. The quantitative estimate of drug-likeness (QED) is 0.445. The number of halogens is 2. The van der Waals surface area contributed by atoms with Gasteiger partial charge >= 0.3 is 0 Å². The Kier molecular flexibility index (Phi) is 8.36. The molecule has 2 N–H and O–H groups in total. The molecule has 2 rings (SSSR count). The Hall–Kier alpha value is 0.0300. The number of hydrogen-bond acceptors (Lipinski definition) is 2. The molecular formula is C16H22BrClN2S2. The van der Waals surface area contributed by atoms with Crippen molar-refractivity contribution in [3.05, 3.63) is 27.7 Å². The summed E-state index contributed by atoms with van der Waals surface area (Å²) < 4.78 is 0.887. The number of nitrogens with one attached hydrogen (secondary N) is 2. The van der Waals surface area contributed by atoms with Gasteiger partial charge in [0.05, 0.1) is 5.02 Å². The number of anilines is 1. The van der Waals surface area contributed by atoms with Crippen LogP contribution in [-0.4, -0.2) is 22.7 Å². The molecule has 6 heteroatoms. The highest BCUT2D eigenvalue weighted by Gasteiger charge is 2.12. The Labute approximate surface area is 156 Å². The third kappa shape index (κ3) is 6.65. The fourth-order valence-corrected chi connectivity index (χ4v) is 4.46. The lowest BCUT2D eigenvalue weighted by molar-refractivity contribution is 0.516. The number of rotatable bonds is 6. The van der Waals surface area contributed by atoms with Crippen molar-refractivity contribution in [1.82, 2.24) is 5.32 Å². The van der Waals surface area contributed by atoms with E-state index >= 15 is 0 Å². The van der Waals surface area contributed by atoms with Crippen molar-refractivity contribution in [2.45, 2.75) is 43.8 Å². The molecule has 0 radical (unpaired) electrons. The Bertz CT molecular complexity index is 493. The van der Waals surface area contributed by atoms with Crippen LogP contribution in [0.15, 0.2) is 22.7 Å². The van der Waals surface area contributed by atoms with Crippen LogP contribution in [0.3, 0.4) is 0 Å². The van der Waals surface area contributed by atoms with Gasteiger partial charge in [-0.05, 0) is 71.4 Å². The molecule has 1 saturated carbocycles. The van der Waals surface area contributed by atoms with Crippen molar-refractivity contribution in [3.8, 4) is 0 Å². The van der Waals surface area contributed by atoms with Crippen LogP contribution in [0.2, 0.25) is 5.02 Å². The normalized spacial score (nSPS) is 15.5. The second-order valence-corrected chi connectivity index (χ2v) is 8.57. The minimum absolute atomic E-state index is 0.654. The zero-order valence-corrected chi connectivity index (χ0v) is 16.5. The lowest BCUT2D eigenvalue weighted by atomic mass is 10.0. The summed E-state index contributed by atoms with van der Waals surface area (Å²) in [7, 11) is 0. The van der Waals surface area contributed by atoms with Crippen LogP contribution in [0.5, 0.6) is 0 Å². The molecule has 1 fully saturated rings. The minimum atomic E-state index is 0.654. The van der Waals surface area contributed by atoms with Gasteiger partial charge in [0.1, 0.15) is 0 Å². The van der Waals surface area contributed by atoms with Gasteiger partial charge in [0.25, 0.3) is 0 Å². The molecule has 0 amide bonds.